The first-order valence-corrected chi connectivity index (χ1v) is 7.99. The van der Waals surface area contributed by atoms with E-state index in [2.05, 4.69) is 4.74 Å². The number of esters is 1. The summed E-state index contributed by atoms with van der Waals surface area (Å²) in [7, 11) is 1.17. The maximum Gasteiger partial charge on any atom is 0.421 e. The first-order chi connectivity index (χ1) is 13.4. The number of hydrogen-bond acceptors (Lipinski definition) is 8. The van der Waals surface area contributed by atoms with Crippen LogP contribution >= 0.6 is 0 Å². The zero-order chi connectivity index (χ0) is 20.7. The average molecular weight is 387 g/mol. The van der Waals surface area contributed by atoms with E-state index in [1.165, 1.54) is 49.6 Å². The lowest BCUT2D eigenvalue weighted by Gasteiger charge is -2.21. The Morgan fingerprint density at radius 3 is 2.32 bits per heavy atom. The molecule has 0 heterocycles. The number of non-ortho nitro benzene ring substituents is 1. The van der Waals surface area contributed by atoms with Gasteiger partial charge >= 0.3 is 12.1 Å². The van der Waals surface area contributed by atoms with Gasteiger partial charge in [0.25, 0.3) is 5.69 Å². The minimum absolute atomic E-state index is 0.0147. The van der Waals surface area contributed by atoms with Gasteiger partial charge in [-0.3, -0.25) is 14.9 Å². The number of anilines is 1. The molecule has 28 heavy (non-hydrogen) atoms. The normalized spacial score (nSPS) is 10.1. The van der Waals surface area contributed by atoms with Crippen molar-refractivity contribution in [2.24, 2.45) is 5.73 Å². The van der Waals surface area contributed by atoms with Crippen LogP contribution in [0.4, 0.5) is 16.2 Å². The van der Waals surface area contributed by atoms with Crippen LogP contribution in [0.1, 0.15) is 15.9 Å². The minimum Gasteiger partial charge on any atom is -0.465 e. The molecule has 0 radical (unpaired) electrons. The molecule has 0 unspecified atom stereocenters. The van der Waals surface area contributed by atoms with Gasteiger partial charge in [0.15, 0.2) is 0 Å². The van der Waals surface area contributed by atoms with Crippen molar-refractivity contribution in [3.05, 3.63) is 69.8 Å². The molecule has 0 aliphatic carbocycles. The molecule has 146 valence electrons. The summed E-state index contributed by atoms with van der Waals surface area (Å²) >= 11 is 0. The number of nitrogens with two attached hydrogens (primary N) is 1. The van der Waals surface area contributed by atoms with Gasteiger partial charge in [-0.05, 0) is 29.8 Å². The quantitative estimate of drug-likeness (QED) is 0.450. The largest absolute Gasteiger partial charge is 0.465 e. The van der Waals surface area contributed by atoms with Crippen LogP contribution in [0.2, 0.25) is 0 Å². The Bertz CT molecular complexity index is 896. The lowest BCUT2D eigenvalue weighted by Crippen LogP contribution is -2.42. The predicted molar refractivity (Wildman–Crippen MR) is 97.6 cm³/mol. The number of imide groups is 1. The summed E-state index contributed by atoms with van der Waals surface area (Å²) in [5.74, 6) is -1.53. The van der Waals surface area contributed by atoms with Crippen LogP contribution in [0.3, 0.4) is 0 Å². The predicted octanol–water partition coefficient (Wildman–Crippen LogP) is 2.01. The summed E-state index contributed by atoms with van der Waals surface area (Å²) in [6.45, 7) is -0.742. The number of methoxy groups -OCH3 is 1. The summed E-state index contributed by atoms with van der Waals surface area (Å²) in [5, 5.41) is 10.7. The summed E-state index contributed by atoms with van der Waals surface area (Å²) in [6.07, 6.45) is -1.05. The van der Waals surface area contributed by atoms with Crippen LogP contribution in [0.25, 0.3) is 0 Å². The lowest BCUT2D eigenvalue weighted by molar-refractivity contribution is -0.384. The van der Waals surface area contributed by atoms with E-state index >= 15 is 0 Å². The Labute approximate surface area is 159 Å². The molecule has 0 saturated heterocycles. The number of nitrogens with zero attached hydrogens (tertiary/aromatic N) is 2. The zero-order valence-corrected chi connectivity index (χ0v) is 14.9. The third kappa shape index (κ3) is 4.68. The Kier molecular flexibility index (Phi) is 6.77. The topological polar surface area (TPSA) is 142 Å². The Morgan fingerprint density at radius 2 is 1.75 bits per heavy atom. The van der Waals surface area contributed by atoms with Gasteiger partial charge in [0.2, 0.25) is 5.91 Å². The Hall–Kier alpha value is -3.79. The minimum atomic E-state index is -1.05. The van der Waals surface area contributed by atoms with Gasteiger partial charge in [0.1, 0.15) is 6.61 Å². The van der Waals surface area contributed by atoms with Crippen LogP contribution in [-0.2, 0) is 20.9 Å². The molecule has 0 bridgehead atoms. The van der Waals surface area contributed by atoms with Gasteiger partial charge in [-0.1, -0.05) is 12.1 Å². The number of carbonyl (C=O) groups is 3. The van der Waals surface area contributed by atoms with Gasteiger partial charge < -0.3 is 15.2 Å². The first-order valence-electron chi connectivity index (χ1n) is 7.99. The average Bonchev–Trinajstić information content (AvgIpc) is 2.72. The third-order valence-electron chi connectivity index (χ3n) is 3.67. The van der Waals surface area contributed by atoms with E-state index in [0.29, 0.717) is 10.5 Å². The number of benzene rings is 2. The fourth-order valence-corrected chi connectivity index (χ4v) is 2.30. The monoisotopic (exact) mass is 387 g/mol. The molecule has 10 nitrogen and oxygen atoms in total. The molecule has 2 amide bonds. The maximum absolute atomic E-state index is 12.5. The van der Waals surface area contributed by atoms with E-state index in [1.54, 1.807) is 6.07 Å². The van der Waals surface area contributed by atoms with Gasteiger partial charge in [-0.25, -0.2) is 14.5 Å². The van der Waals surface area contributed by atoms with E-state index in [9.17, 15) is 24.5 Å². The van der Waals surface area contributed by atoms with Gasteiger partial charge in [-0.2, -0.15) is 0 Å². The summed E-state index contributed by atoms with van der Waals surface area (Å²) in [5.41, 5.74) is 5.70. The molecule has 2 rings (SSSR count). The summed E-state index contributed by atoms with van der Waals surface area (Å²) in [6, 6.07) is 11.2. The molecule has 2 aromatic carbocycles. The first kappa shape index (κ1) is 20.5. The maximum atomic E-state index is 12.5. The molecule has 0 aliphatic heterocycles. The number of ether oxygens (including phenoxy) is 2. The highest BCUT2D eigenvalue weighted by atomic mass is 16.6. The van der Waals surface area contributed by atoms with Crippen molar-refractivity contribution in [3.63, 3.8) is 0 Å². The van der Waals surface area contributed by atoms with E-state index in [1.807, 2.05) is 0 Å². The highest BCUT2D eigenvalue weighted by Gasteiger charge is 2.28. The number of hydrogen-bond donors (Lipinski definition) is 1. The van der Waals surface area contributed by atoms with E-state index < -0.39 is 29.4 Å². The number of nitro groups is 1. The number of rotatable bonds is 6. The third-order valence-corrected chi connectivity index (χ3v) is 3.67. The second-order valence-electron chi connectivity index (χ2n) is 5.42. The molecular weight excluding hydrogens is 370 g/mol. The second kappa shape index (κ2) is 9.24. The van der Waals surface area contributed by atoms with Crippen molar-refractivity contribution in [3.8, 4) is 0 Å². The molecule has 2 N–H and O–H groups in total. The highest BCUT2D eigenvalue weighted by Crippen LogP contribution is 2.23. The molecule has 0 aliphatic rings. The van der Waals surface area contributed by atoms with Crippen molar-refractivity contribution in [2.45, 2.75) is 6.61 Å². The van der Waals surface area contributed by atoms with Crippen molar-refractivity contribution in [1.29, 1.82) is 0 Å². The van der Waals surface area contributed by atoms with E-state index in [0.717, 1.165) is 0 Å². The van der Waals surface area contributed by atoms with Gasteiger partial charge in [0.05, 0.1) is 29.8 Å². The highest BCUT2D eigenvalue weighted by molar-refractivity contribution is 6.16. The lowest BCUT2D eigenvalue weighted by atomic mass is 10.1. The Morgan fingerprint density at radius 1 is 1.11 bits per heavy atom. The Balaban J connectivity index is 2.24. The van der Waals surface area contributed by atoms with E-state index in [4.69, 9.17) is 10.5 Å². The molecular formula is C18H17N3O7. The molecule has 2 aromatic rings. The van der Waals surface area contributed by atoms with Crippen molar-refractivity contribution >= 4 is 29.3 Å². The zero-order valence-electron chi connectivity index (χ0n) is 14.9. The number of para-hydroxylation sites is 1. The van der Waals surface area contributed by atoms with Crippen molar-refractivity contribution in [1.82, 2.24) is 0 Å². The van der Waals surface area contributed by atoms with Gasteiger partial charge in [-0.15, -0.1) is 0 Å². The SMILES string of the molecule is COC(=O)c1ccccc1N(C(=O)CN)C(=O)OCc1ccc([N+](=O)[O-])cc1. The number of nitro benzene ring substituents is 1. The summed E-state index contributed by atoms with van der Waals surface area (Å²) < 4.78 is 9.79. The van der Waals surface area contributed by atoms with Crippen molar-refractivity contribution in [2.75, 3.05) is 18.6 Å². The van der Waals surface area contributed by atoms with Gasteiger partial charge in [0, 0.05) is 12.1 Å². The molecule has 10 heteroatoms. The molecule has 0 spiro atoms. The molecule has 0 saturated carbocycles. The van der Waals surface area contributed by atoms with Crippen LogP contribution < -0.4 is 10.6 Å². The van der Waals surface area contributed by atoms with Crippen LogP contribution in [0.15, 0.2) is 48.5 Å². The number of amides is 2. The van der Waals surface area contributed by atoms with Crippen LogP contribution in [-0.4, -0.2) is 36.5 Å². The smallest absolute Gasteiger partial charge is 0.421 e. The van der Waals surface area contributed by atoms with Crippen LogP contribution in [0, 0.1) is 10.1 Å². The fraction of sp³-hybridized carbons (Fsp3) is 0.167. The fourth-order valence-electron chi connectivity index (χ4n) is 2.30. The van der Waals surface area contributed by atoms with Crippen molar-refractivity contribution < 1.29 is 28.8 Å². The summed E-state index contributed by atoms with van der Waals surface area (Å²) in [4.78, 5) is 47.5. The van der Waals surface area contributed by atoms with E-state index in [-0.39, 0.29) is 23.5 Å². The number of carbonyl (C=O) groups excluding carboxylic acids is 3. The molecule has 0 atom stereocenters. The molecule has 0 fully saturated rings. The second-order valence-corrected chi connectivity index (χ2v) is 5.42. The van der Waals surface area contributed by atoms with Crippen LogP contribution in [0.5, 0.6) is 0 Å². The molecule has 0 aromatic heterocycles. The standard InChI is InChI=1S/C18H17N3O7/c1-27-17(23)14-4-2-3-5-15(14)20(16(22)10-19)18(24)28-11-12-6-8-13(9-7-12)21(25)26/h2-9H,10-11,19H2,1H3.